The maximum Gasteiger partial charge on any atom is 0.0410 e. The molecule has 1 aromatic rings. The lowest BCUT2D eigenvalue weighted by Crippen LogP contribution is -2.43. The van der Waals surface area contributed by atoms with E-state index in [2.05, 4.69) is 50.2 Å². The Morgan fingerprint density at radius 2 is 2.10 bits per heavy atom. The van der Waals surface area contributed by atoms with Gasteiger partial charge in [-0.15, -0.1) is 11.3 Å². The zero-order valence-electron chi connectivity index (χ0n) is 13.4. The summed E-state index contributed by atoms with van der Waals surface area (Å²) in [7, 11) is 2.25. The van der Waals surface area contributed by atoms with Gasteiger partial charge in [-0.05, 0) is 62.4 Å². The Hall–Kier alpha value is -0.380. The fourth-order valence-corrected chi connectivity index (χ4v) is 4.26. The van der Waals surface area contributed by atoms with Gasteiger partial charge in [0.05, 0.1) is 0 Å². The van der Waals surface area contributed by atoms with Crippen LogP contribution in [0.2, 0.25) is 0 Å². The zero-order valence-corrected chi connectivity index (χ0v) is 14.2. The van der Waals surface area contributed by atoms with Crippen LogP contribution in [0.3, 0.4) is 0 Å². The van der Waals surface area contributed by atoms with Crippen LogP contribution in [-0.4, -0.2) is 24.5 Å². The maximum absolute atomic E-state index is 6.38. The zero-order chi connectivity index (χ0) is 14.7. The van der Waals surface area contributed by atoms with Crippen molar-refractivity contribution < 1.29 is 0 Å². The molecule has 2 nitrogen and oxygen atoms in total. The van der Waals surface area contributed by atoms with Gasteiger partial charge in [0.1, 0.15) is 0 Å². The summed E-state index contributed by atoms with van der Waals surface area (Å²) in [6.45, 7) is 8.15. The topological polar surface area (TPSA) is 29.3 Å². The van der Waals surface area contributed by atoms with Crippen LogP contribution in [-0.2, 0) is 0 Å². The molecule has 1 aliphatic rings. The van der Waals surface area contributed by atoms with Crippen molar-refractivity contribution in [2.75, 3.05) is 13.6 Å². The first-order valence-electron chi connectivity index (χ1n) is 7.98. The summed E-state index contributed by atoms with van der Waals surface area (Å²) in [6, 6.07) is 5.28. The van der Waals surface area contributed by atoms with Crippen LogP contribution >= 0.6 is 11.3 Å². The molecule has 0 bridgehead atoms. The molecule has 1 saturated carbocycles. The van der Waals surface area contributed by atoms with E-state index in [-0.39, 0.29) is 0 Å². The van der Waals surface area contributed by atoms with Gasteiger partial charge in [-0.2, -0.15) is 0 Å². The first-order valence-corrected chi connectivity index (χ1v) is 8.86. The Morgan fingerprint density at radius 3 is 2.70 bits per heavy atom. The van der Waals surface area contributed by atoms with Crippen molar-refractivity contribution >= 4 is 11.3 Å². The molecule has 114 valence electrons. The second-order valence-electron chi connectivity index (χ2n) is 6.87. The number of rotatable bonds is 5. The number of hydrogen-bond acceptors (Lipinski definition) is 3. The molecular weight excluding hydrogens is 264 g/mol. The molecule has 1 fully saturated rings. The third-order valence-corrected chi connectivity index (χ3v) is 6.21. The van der Waals surface area contributed by atoms with E-state index in [4.69, 9.17) is 5.73 Å². The average Bonchev–Trinajstić information content (AvgIpc) is 2.94. The maximum atomic E-state index is 6.38. The minimum atomic E-state index is 0.392. The molecule has 0 radical (unpaired) electrons. The van der Waals surface area contributed by atoms with E-state index in [9.17, 15) is 0 Å². The van der Waals surface area contributed by atoms with Crippen molar-refractivity contribution in [2.45, 2.75) is 52.1 Å². The summed E-state index contributed by atoms with van der Waals surface area (Å²) in [5.41, 5.74) is 6.38. The molecule has 1 heterocycles. The predicted octanol–water partition coefficient (Wildman–Crippen LogP) is 4.14. The van der Waals surface area contributed by atoms with Gasteiger partial charge in [0.25, 0.3) is 0 Å². The van der Waals surface area contributed by atoms with E-state index in [0.29, 0.717) is 18.0 Å². The molecule has 4 unspecified atom stereocenters. The van der Waals surface area contributed by atoms with Crippen molar-refractivity contribution in [3.8, 4) is 0 Å². The van der Waals surface area contributed by atoms with Gasteiger partial charge in [-0.1, -0.05) is 19.9 Å². The second kappa shape index (κ2) is 7.06. The van der Waals surface area contributed by atoms with Crippen molar-refractivity contribution in [1.29, 1.82) is 0 Å². The van der Waals surface area contributed by atoms with Gasteiger partial charge < -0.3 is 5.73 Å². The van der Waals surface area contributed by atoms with Gasteiger partial charge in [-0.25, -0.2) is 0 Å². The van der Waals surface area contributed by atoms with Crippen LogP contribution in [0.1, 0.15) is 51.0 Å². The number of nitrogens with zero attached hydrogens (tertiary/aromatic N) is 1. The number of hydrogen-bond donors (Lipinski definition) is 1. The molecule has 2 N–H and O–H groups in total. The molecule has 3 heteroatoms. The van der Waals surface area contributed by atoms with E-state index in [1.54, 1.807) is 0 Å². The van der Waals surface area contributed by atoms with Crippen LogP contribution in [0.25, 0.3) is 0 Å². The summed E-state index contributed by atoms with van der Waals surface area (Å²) in [5, 5.41) is 2.17. The van der Waals surface area contributed by atoms with E-state index in [0.717, 1.165) is 18.4 Å². The number of thiophene rings is 1. The molecule has 20 heavy (non-hydrogen) atoms. The highest BCUT2D eigenvalue weighted by Crippen LogP contribution is 2.34. The van der Waals surface area contributed by atoms with Gasteiger partial charge in [0, 0.05) is 23.5 Å². The molecule has 0 aliphatic heterocycles. The molecule has 0 aromatic carbocycles. The summed E-state index contributed by atoms with van der Waals surface area (Å²) < 4.78 is 0. The van der Waals surface area contributed by atoms with Crippen LogP contribution in [0, 0.1) is 17.8 Å². The standard InChI is InChI=1S/C17H30N2S/c1-12(2)14-7-8-16(18)15(10-14)11-19(4)13(3)17-6-5-9-20-17/h5-6,9,12-16H,7-8,10-11,18H2,1-4H3. The Morgan fingerprint density at radius 1 is 1.35 bits per heavy atom. The lowest BCUT2D eigenvalue weighted by molar-refractivity contribution is 0.133. The van der Waals surface area contributed by atoms with Crippen LogP contribution in [0.15, 0.2) is 17.5 Å². The molecule has 0 saturated heterocycles. The lowest BCUT2D eigenvalue weighted by Gasteiger charge is -2.39. The highest BCUT2D eigenvalue weighted by atomic mass is 32.1. The first kappa shape index (κ1) is 16.0. The van der Waals surface area contributed by atoms with Gasteiger partial charge in [0.15, 0.2) is 0 Å². The molecule has 2 rings (SSSR count). The van der Waals surface area contributed by atoms with Gasteiger partial charge >= 0.3 is 0 Å². The Bertz CT molecular complexity index is 388. The largest absolute Gasteiger partial charge is 0.327 e. The smallest absolute Gasteiger partial charge is 0.0410 e. The highest BCUT2D eigenvalue weighted by Gasteiger charge is 2.31. The van der Waals surface area contributed by atoms with Crippen molar-refractivity contribution in [3.05, 3.63) is 22.4 Å². The Kier molecular flexibility index (Phi) is 5.65. The minimum Gasteiger partial charge on any atom is -0.327 e. The first-order chi connectivity index (χ1) is 9.49. The van der Waals surface area contributed by atoms with Crippen LogP contribution in [0.4, 0.5) is 0 Å². The summed E-state index contributed by atoms with van der Waals surface area (Å²) in [5.74, 6) is 2.32. The molecule has 1 aliphatic carbocycles. The second-order valence-corrected chi connectivity index (χ2v) is 7.85. The Balaban J connectivity index is 1.93. The van der Waals surface area contributed by atoms with Crippen molar-refractivity contribution in [3.63, 3.8) is 0 Å². The van der Waals surface area contributed by atoms with E-state index >= 15 is 0 Å². The van der Waals surface area contributed by atoms with Crippen molar-refractivity contribution in [1.82, 2.24) is 4.90 Å². The normalized spacial score (nSPS) is 29.1. The lowest BCUT2D eigenvalue weighted by atomic mass is 9.73. The monoisotopic (exact) mass is 294 g/mol. The SMILES string of the molecule is CC(C)C1CCC(N)C(CN(C)C(C)c2cccs2)C1. The molecular formula is C17H30N2S. The quantitative estimate of drug-likeness (QED) is 0.884. The van der Waals surface area contributed by atoms with Gasteiger partial charge in [-0.3, -0.25) is 4.90 Å². The van der Waals surface area contributed by atoms with Crippen molar-refractivity contribution in [2.24, 2.45) is 23.5 Å². The molecule has 4 atom stereocenters. The van der Waals surface area contributed by atoms with Gasteiger partial charge in [0.2, 0.25) is 0 Å². The molecule has 0 amide bonds. The van der Waals surface area contributed by atoms with E-state index < -0.39 is 0 Å². The minimum absolute atomic E-state index is 0.392. The third kappa shape index (κ3) is 3.84. The fraction of sp³-hybridized carbons (Fsp3) is 0.765. The average molecular weight is 295 g/mol. The highest BCUT2D eigenvalue weighted by molar-refractivity contribution is 7.10. The van der Waals surface area contributed by atoms with Crippen LogP contribution < -0.4 is 5.73 Å². The summed E-state index contributed by atoms with van der Waals surface area (Å²) >= 11 is 1.85. The predicted molar refractivity (Wildman–Crippen MR) is 89.0 cm³/mol. The van der Waals surface area contributed by atoms with Crippen LogP contribution in [0.5, 0.6) is 0 Å². The fourth-order valence-electron chi connectivity index (χ4n) is 3.41. The van der Waals surface area contributed by atoms with E-state index in [1.165, 1.54) is 24.1 Å². The summed E-state index contributed by atoms with van der Waals surface area (Å²) in [6.07, 6.45) is 3.83. The van der Waals surface area contributed by atoms with E-state index in [1.807, 2.05) is 11.3 Å². The molecule has 0 spiro atoms. The Labute approximate surface area is 128 Å². The third-order valence-electron chi connectivity index (χ3n) is 5.16. The number of nitrogens with two attached hydrogens (primary N) is 1. The molecule has 1 aromatic heterocycles. The summed E-state index contributed by atoms with van der Waals surface area (Å²) in [4.78, 5) is 3.94.